The van der Waals surface area contributed by atoms with Gasteiger partial charge < -0.3 is 5.11 Å². The summed E-state index contributed by atoms with van der Waals surface area (Å²) < 4.78 is 0. The van der Waals surface area contributed by atoms with Crippen LogP contribution in [0, 0.1) is 0 Å². The third-order valence-corrected chi connectivity index (χ3v) is 3.07. The van der Waals surface area contributed by atoms with Gasteiger partial charge in [-0.1, -0.05) is 34.9 Å². The molecule has 0 heterocycles. The van der Waals surface area contributed by atoms with Crippen LogP contribution in [0.1, 0.15) is 52.9 Å². The number of hydrogen-bond acceptors (Lipinski definition) is 1. The molecule has 0 bridgehead atoms. The lowest BCUT2D eigenvalue weighted by molar-refractivity contribution is 0.222. The number of hydrogen-bond donors (Lipinski definition) is 1. The maximum absolute atomic E-state index is 9.85. The van der Waals surface area contributed by atoms with Crippen molar-refractivity contribution < 1.29 is 5.11 Å². The molecule has 0 amide bonds. The Morgan fingerprint density at radius 3 is 2.19 bits per heavy atom. The topological polar surface area (TPSA) is 20.2 Å². The van der Waals surface area contributed by atoms with Gasteiger partial charge in [0.2, 0.25) is 0 Å². The molecule has 0 saturated carbocycles. The summed E-state index contributed by atoms with van der Waals surface area (Å²) in [5, 5.41) is 9.85. The maximum atomic E-state index is 9.85. The summed E-state index contributed by atoms with van der Waals surface area (Å²) in [7, 11) is 0. The molecular weight excluding hydrogens is 196 g/mol. The second-order valence-electron chi connectivity index (χ2n) is 4.96. The Morgan fingerprint density at radius 2 is 1.50 bits per heavy atom. The Morgan fingerprint density at radius 1 is 0.938 bits per heavy atom. The van der Waals surface area contributed by atoms with Gasteiger partial charge in [0.05, 0.1) is 6.10 Å². The van der Waals surface area contributed by atoms with Crippen molar-refractivity contribution in [3.63, 3.8) is 0 Å². The summed E-state index contributed by atoms with van der Waals surface area (Å²) in [6.07, 6.45) is 11.5. The molecule has 1 rings (SSSR count). The lowest BCUT2D eigenvalue weighted by Crippen LogP contribution is -2.04. The molecule has 1 nitrogen and oxygen atoms in total. The predicted octanol–water partition coefficient (Wildman–Crippen LogP) is 4.15. The highest BCUT2D eigenvalue weighted by Gasteiger charge is 2.03. The number of allylic oxidation sites excluding steroid dienone is 4. The molecule has 1 heteroatoms. The SMILES string of the molecule is CC1=CCCC(C)=CC(O)CC(C)=CCC1. The molecule has 0 spiro atoms. The zero-order chi connectivity index (χ0) is 12.0. The van der Waals surface area contributed by atoms with Crippen molar-refractivity contribution in [2.24, 2.45) is 0 Å². The van der Waals surface area contributed by atoms with Crippen molar-refractivity contribution in [2.75, 3.05) is 0 Å². The van der Waals surface area contributed by atoms with Gasteiger partial charge in [-0.25, -0.2) is 0 Å². The normalized spacial score (nSPS) is 24.8. The van der Waals surface area contributed by atoms with Crippen LogP contribution in [0.15, 0.2) is 34.9 Å². The van der Waals surface area contributed by atoms with Gasteiger partial charge in [-0.3, -0.25) is 0 Å². The Hall–Kier alpha value is -0.820. The van der Waals surface area contributed by atoms with E-state index in [1.54, 1.807) is 0 Å². The summed E-state index contributed by atoms with van der Waals surface area (Å²) in [5.41, 5.74) is 4.08. The molecule has 0 saturated heterocycles. The molecule has 0 radical (unpaired) electrons. The number of rotatable bonds is 0. The predicted molar refractivity (Wildman–Crippen MR) is 70.4 cm³/mol. The van der Waals surface area contributed by atoms with Gasteiger partial charge in [-0.05, 0) is 52.9 Å². The van der Waals surface area contributed by atoms with E-state index in [2.05, 4.69) is 32.9 Å². The maximum Gasteiger partial charge on any atom is 0.0760 e. The lowest BCUT2D eigenvalue weighted by Gasteiger charge is -2.10. The smallest absolute Gasteiger partial charge is 0.0760 e. The minimum atomic E-state index is -0.305. The third-order valence-electron chi connectivity index (χ3n) is 3.07. The molecule has 0 aromatic rings. The molecule has 0 fully saturated rings. The zero-order valence-corrected chi connectivity index (χ0v) is 10.8. The van der Waals surface area contributed by atoms with Crippen LogP contribution in [0.4, 0.5) is 0 Å². The molecule has 0 aromatic carbocycles. The van der Waals surface area contributed by atoms with Gasteiger partial charge in [-0.2, -0.15) is 0 Å². The first-order valence-corrected chi connectivity index (χ1v) is 6.24. The molecule has 1 aliphatic rings. The molecule has 0 aliphatic heterocycles. The van der Waals surface area contributed by atoms with Crippen molar-refractivity contribution in [3.05, 3.63) is 34.9 Å². The van der Waals surface area contributed by atoms with Crippen LogP contribution in [0.5, 0.6) is 0 Å². The van der Waals surface area contributed by atoms with E-state index in [0.717, 1.165) is 32.1 Å². The van der Waals surface area contributed by atoms with E-state index >= 15 is 0 Å². The fourth-order valence-corrected chi connectivity index (χ4v) is 2.08. The Bertz CT molecular complexity index is 307. The van der Waals surface area contributed by atoms with Crippen molar-refractivity contribution in [2.45, 2.75) is 59.0 Å². The minimum absolute atomic E-state index is 0.305. The largest absolute Gasteiger partial charge is 0.389 e. The van der Waals surface area contributed by atoms with Crippen LogP contribution in [-0.2, 0) is 0 Å². The molecule has 16 heavy (non-hydrogen) atoms. The van der Waals surface area contributed by atoms with Gasteiger partial charge in [0.1, 0.15) is 0 Å². The summed E-state index contributed by atoms with van der Waals surface area (Å²) in [4.78, 5) is 0. The van der Waals surface area contributed by atoms with Gasteiger partial charge in [-0.15, -0.1) is 0 Å². The highest BCUT2D eigenvalue weighted by Crippen LogP contribution is 2.16. The summed E-state index contributed by atoms with van der Waals surface area (Å²) >= 11 is 0. The Labute approximate surface area is 99.6 Å². The van der Waals surface area contributed by atoms with Crippen LogP contribution in [-0.4, -0.2) is 11.2 Å². The molecule has 1 unspecified atom stereocenters. The quantitative estimate of drug-likeness (QED) is 0.608. The Balaban J connectivity index is 2.73. The Kier molecular flexibility index (Phi) is 5.54. The first-order valence-electron chi connectivity index (χ1n) is 6.24. The molecular formula is C15H24O. The van der Waals surface area contributed by atoms with Crippen LogP contribution < -0.4 is 0 Å². The summed E-state index contributed by atoms with van der Waals surface area (Å²) in [6.45, 7) is 6.43. The van der Waals surface area contributed by atoms with E-state index in [4.69, 9.17) is 0 Å². The fourth-order valence-electron chi connectivity index (χ4n) is 2.08. The number of aliphatic hydroxyl groups is 1. The second kappa shape index (κ2) is 6.70. The van der Waals surface area contributed by atoms with E-state index in [0.29, 0.717) is 0 Å². The van der Waals surface area contributed by atoms with Crippen molar-refractivity contribution in [3.8, 4) is 0 Å². The van der Waals surface area contributed by atoms with Crippen LogP contribution >= 0.6 is 0 Å². The fraction of sp³-hybridized carbons (Fsp3) is 0.600. The van der Waals surface area contributed by atoms with Crippen LogP contribution in [0.3, 0.4) is 0 Å². The van der Waals surface area contributed by atoms with Crippen molar-refractivity contribution in [1.29, 1.82) is 0 Å². The molecule has 0 aromatic heterocycles. The van der Waals surface area contributed by atoms with E-state index in [1.807, 2.05) is 6.08 Å². The molecule has 1 aliphatic carbocycles. The highest BCUT2D eigenvalue weighted by atomic mass is 16.3. The second-order valence-corrected chi connectivity index (χ2v) is 4.96. The average molecular weight is 220 g/mol. The van der Waals surface area contributed by atoms with Gasteiger partial charge in [0.25, 0.3) is 0 Å². The van der Waals surface area contributed by atoms with E-state index in [9.17, 15) is 5.11 Å². The van der Waals surface area contributed by atoms with Crippen LogP contribution in [0.25, 0.3) is 0 Å². The highest BCUT2D eigenvalue weighted by molar-refractivity contribution is 5.11. The first-order chi connectivity index (χ1) is 7.58. The first kappa shape index (κ1) is 13.2. The van der Waals surface area contributed by atoms with Crippen molar-refractivity contribution >= 4 is 0 Å². The number of aliphatic hydroxyl groups excluding tert-OH is 1. The zero-order valence-electron chi connectivity index (χ0n) is 10.8. The molecule has 1 atom stereocenters. The van der Waals surface area contributed by atoms with Crippen LogP contribution in [0.2, 0.25) is 0 Å². The van der Waals surface area contributed by atoms with E-state index in [-0.39, 0.29) is 6.10 Å². The van der Waals surface area contributed by atoms with Crippen molar-refractivity contribution in [1.82, 2.24) is 0 Å². The minimum Gasteiger partial charge on any atom is -0.389 e. The van der Waals surface area contributed by atoms with Gasteiger partial charge in [0, 0.05) is 0 Å². The third kappa shape index (κ3) is 5.32. The monoisotopic (exact) mass is 220 g/mol. The van der Waals surface area contributed by atoms with Gasteiger partial charge in [0.15, 0.2) is 0 Å². The summed E-state index contributed by atoms with van der Waals surface area (Å²) in [5.74, 6) is 0. The lowest BCUT2D eigenvalue weighted by atomic mass is 10.0. The summed E-state index contributed by atoms with van der Waals surface area (Å²) in [6, 6.07) is 0. The molecule has 90 valence electrons. The standard InChI is InChI=1S/C15H24O/c1-12-6-4-8-13(2)10-15(16)11-14(3)9-5-7-12/h6,9-10,15-16H,4-5,7-8,11H2,1-3H3. The van der Waals surface area contributed by atoms with Gasteiger partial charge >= 0.3 is 0 Å². The van der Waals surface area contributed by atoms with E-state index < -0.39 is 0 Å². The average Bonchev–Trinajstić information content (AvgIpc) is 2.15. The van der Waals surface area contributed by atoms with E-state index in [1.165, 1.54) is 16.7 Å². The molecule has 1 N–H and O–H groups in total.